The highest BCUT2D eigenvalue weighted by Gasteiger charge is 2.16. The molecule has 2 atom stereocenters. The molecular weight excluding hydrogens is 152 g/mol. The number of hydrogen-bond donors (Lipinski definition) is 1. The second-order valence-corrected chi connectivity index (χ2v) is 5.19. The molecule has 10 heavy (non-hydrogen) atoms. The van der Waals surface area contributed by atoms with Gasteiger partial charge in [0.25, 0.3) is 0 Å². The average Bonchev–Trinajstić information content (AvgIpc) is 1.60. The van der Waals surface area contributed by atoms with Crippen LogP contribution in [0, 0.1) is 0 Å². The van der Waals surface area contributed by atoms with Crippen LogP contribution in [-0.2, 0) is 9.84 Å². The molecule has 0 amide bonds. The highest BCUT2D eigenvalue weighted by atomic mass is 32.2. The number of sulfone groups is 1. The van der Waals surface area contributed by atoms with Crippen LogP contribution >= 0.6 is 0 Å². The lowest BCUT2D eigenvalue weighted by molar-refractivity contribution is 0.184. The predicted molar refractivity (Wildman–Crippen MR) is 40.6 cm³/mol. The third-order valence-corrected chi connectivity index (χ3v) is 3.06. The molecule has 0 aliphatic carbocycles. The van der Waals surface area contributed by atoms with Gasteiger partial charge in [-0.1, -0.05) is 0 Å². The number of rotatable bonds is 3. The van der Waals surface area contributed by atoms with E-state index in [0.717, 1.165) is 0 Å². The fraction of sp³-hybridized carbons (Fsp3) is 1.00. The van der Waals surface area contributed by atoms with Crippen molar-refractivity contribution in [2.75, 3.05) is 6.26 Å². The first-order valence-corrected chi connectivity index (χ1v) is 5.16. The van der Waals surface area contributed by atoms with Gasteiger partial charge in [0.1, 0.15) is 9.84 Å². The molecule has 0 fully saturated rings. The van der Waals surface area contributed by atoms with Crippen molar-refractivity contribution in [1.82, 2.24) is 0 Å². The third-order valence-electron chi connectivity index (χ3n) is 1.40. The minimum Gasteiger partial charge on any atom is -0.393 e. The van der Waals surface area contributed by atoms with E-state index in [9.17, 15) is 8.42 Å². The third kappa shape index (κ3) is 3.85. The lowest BCUT2D eigenvalue weighted by atomic mass is 10.2. The van der Waals surface area contributed by atoms with E-state index in [1.807, 2.05) is 0 Å². The largest absolute Gasteiger partial charge is 0.393 e. The van der Waals surface area contributed by atoms with Crippen LogP contribution in [0.15, 0.2) is 0 Å². The van der Waals surface area contributed by atoms with E-state index in [1.165, 1.54) is 6.26 Å². The molecule has 0 rings (SSSR count). The van der Waals surface area contributed by atoms with Gasteiger partial charge in [0.05, 0.1) is 11.4 Å². The van der Waals surface area contributed by atoms with Gasteiger partial charge in [-0.15, -0.1) is 0 Å². The van der Waals surface area contributed by atoms with Crippen LogP contribution in [0.5, 0.6) is 0 Å². The SMILES string of the molecule is CC(O)CC(C)S(C)(=O)=O. The topological polar surface area (TPSA) is 54.4 Å². The number of hydrogen-bond acceptors (Lipinski definition) is 3. The quantitative estimate of drug-likeness (QED) is 0.651. The molecular formula is C6H14O3S. The molecule has 4 heteroatoms. The molecule has 0 saturated heterocycles. The van der Waals surface area contributed by atoms with Gasteiger partial charge >= 0.3 is 0 Å². The van der Waals surface area contributed by atoms with Crippen LogP contribution < -0.4 is 0 Å². The van der Waals surface area contributed by atoms with E-state index in [4.69, 9.17) is 5.11 Å². The fourth-order valence-corrected chi connectivity index (χ4v) is 1.28. The first-order chi connectivity index (χ1) is 4.34. The molecule has 0 aliphatic rings. The van der Waals surface area contributed by atoms with E-state index in [-0.39, 0.29) is 0 Å². The van der Waals surface area contributed by atoms with Gasteiger partial charge in [-0.2, -0.15) is 0 Å². The van der Waals surface area contributed by atoms with Gasteiger partial charge in [0, 0.05) is 6.26 Å². The summed E-state index contributed by atoms with van der Waals surface area (Å²) in [6.45, 7) is 3.18. The lowest BCUT2D eigenvalue weighted by Crippen LogP contribution is -2.20. The summed E-state index contributed by atoms with van der Waals surface area (Å²) in [7, 11) is -2.96. The summed E-state index contributed by atoms with van der Waals surface area (Å²) in [6.07, 6.45) is 0.962. The standard InChI is InChI=1S/C6H14O3S/c1-5(7)4-6(2)10(3,8)9/h5-7H,4H2,1-3H3. The van der Waals surface area contributed by atoms with Crippen molar-refractivity contribution in [3.05, 3.63) is 0 Å². The van der Waals surface area contributed by atoms with Crippen LogP contribution in [0.25, 0.3) is 0 Å². The van der Waals surface area contributed by atoms with Crippen molar-refractivity contribution in [3.63, 3.8) is 0 Å². The van der Waals surface area contributed by atoms with Gasteiger partial charge in [0.2, 0.25) is 0 Å². The Hall–Kier alpha value is -0.0900. The second-order valence-electron chi connectivity index (χ2n) is 2.72. The molecule has 0 aromatic heterocycles. The van der Waals surface area contributed by atoms with Crippen molar-refractivity contribution >= 4 is 9.84 Å². The Morgan fingerprint density at radius 1 is 1.40 bits per heavy atom. The summed E-state index contributed by atoms with van der Waals surface area (Å²) in [5.41, 5.74) is 0. The van der Waals surface area contributed by atoms with Gasteiger partial charge in [-0.25, -0.2) is 8.42 Å². The number of aliphatic hydroxyl groups is 1. The van der Waals surface area contributed by atoms with Gasteiger partial charge in [0.15, 0.2) is 0 Å². The minimum atomic E-state index is -2.96. The Morgan fingerprint density at radius 2 is 1.80 bits per heavy atom. The van der Waals surface area contributed by atoms with Gasteiger partial charge in [-0.05, 0) is 20.3 Å². The van der Waals surface area contributed by atoms with E-state index in [2.05, 4.69) is 0 Å². The maximum Gasteiger partial charge on any atom is 0.150 e. The molecule has 3 nitrogen and oxygen atoms in total. The average molecular weight is 166 g/mol. The molecule has 0 saturated carbocycles. The Kier molecular flexibility index (Phi) is 3.31. The fourth-order valence-electron chi connectivity index (χ4n) is 0.655. The summed E-state index contributed by atoms with van der Waals surface area (Å²) in [5.74, 6) is 0. The normalized spacial score (nSPS) is 18.4. The maximum atomic E-state index is 10.8. The van der Waals surface area contributed by atoms with Crippen molar-refractivity contribution < 1.29 is 13.5 Å². The Morgan fingerprint density at radius 3 is 1.90 bits per heavy atom. The van der Waals surface area contributed by atoms with Crippen LogP contribution in [-0.4, -0.2) is 31.1 Å². The first kappa shape index (κ1) is 9.91. The zero-order valence-corrected chi connectivity index (χ0v) is 7.35. The molecule has 1 N–H and O–H groups in total. The zero-order chi connectivity index (χ0) is 8.36. The summed E-state index contributed by atoms with van der Waals surface area (Å²) in [4.78, 5) is 0. The highest BCUT2D eigenvalue weighted by molar-refractivity contribution is 7.91. The smallest absolute Gasteiger partial charge is 0.150 e. The molecule has 0 heterocycles. The van der Waals surface area contributed by atoms with Crippen LogP contribution in [0.2, 0.25) is 0 Å². The molecule has 0 spiro atoms. The molecule has 62 valence electrons. The van der Waals surface area contributed by atoms with E-state index in [0.29, 0.717) is 6.42 Å². The first-order valence-electron chi connectivity index (χ1n) is 3.21. The van der Waals surface area contributed by atoms with Crippen LogP contribution in [0.3, 0.4) is 0 Å². The monoisotopic (exact) mass is 166 g/mol. The van der Waals surface area contributed by atoms with E-state index < -0.39 is 21.2 Å². The summed E-state index contributed by atoms with van der Waals surface area (Å²) >= 11 is 0. The maximum absolute atomic E-state index is 10.8. The van der Waals surface area contributed by atoms with Crippen LogP contribution in [0.1, 0.15) is 20.3 Å². The van der Waals surface area contributed by atoms with Crippen molar-refractivity contribution in [3.8, 4) is 0 Å². The highest BCUT2D eigenvalue weighted by Crippen LogP contribution is 2.05. The van der Waals surface area contributed by atoms with E-state index in [1.54, 1.807) is 13.8 Å². The summed E-state index contributed by atoms with van der Waals surface area (Å²) in [5, 5.41) is 8.38. The molecule has 0 aromatic rings. The molecule has 0 bridgehead atoms. The Bertz CT molecular complexity index is 181. The Balaban J connectivity index is 3.99. The molecule has 0 aromatic carbocycles. The van der Waals surface area contributed by atoms with Crippen molar-refractivity contribution in [2.45, 2.75) is 31.6 Å². The van der Waals surface area contributed by atoms with Crippen molar-refractivity contribution in [1.29, 1.82) is 0 Å². The lowest BCUT2D eigenvalue weighted by Gasteiger charge is -2.10. The zero-order valence-electron chi connectivity index (χ0n) is 6.53. The van der Waals surface area contributed by atoms with Gasteiger partial charge in [-0.3, -0.25) is 0 Å². The molecule has 0 radical (unpaired) electrons. The summed E-state index contributed by atoms with van der Waals surface area (Å²) < 4.78 is 21.5. The predicted octanol–water partition coefficient (Wildman–Crippen LogP) is 0.190. The van der Waals surface area contributed by atoms with Gasteiger partial charge < -0.3 is 5.11 Å². The van der Waals surface area contributed by atoms with Crippen LogP contribution in [0.4, 0.5) is 0 Å². The summed E-state index contributed by atoms with van der Waals surface area (Å²) in [6, 6.07) is 0. The Labute approximate surface area is 62.0 Å². The van der Waals surface area contributed by atoms with E-state index >= 15 is 0 Å². The molecule has 0 aliphatic heterocycles. The van der Waals surface area contributed by atoms with Crippen molar-refractivity contribution in [2.24, 2.45) is 0 Å². The number of aliphatic hydroxyl groups excluding tert-OH is 1. The molecule has 2 unspecified atom stereocenters. The second kappa shape index (κ2) is 3.34. The minimum absolute atomic E-state index is 0.318.